The van der Waals surface area contributed by atoms with Gasteiger partial charge in [-0.2, -0.15) is 0 Å². The molecule has 0 heterocycles. The fourth-order valence-electron chi connectivity index (χ4n) is 2.38. The monoisotopic (exact) mass is 220 g/mol. The largest absolute Gasteiger partial charge is 0.235 e. The van der Waals surface area contributed by atoms with Crippen LogP contribution in [0.4, 0.5) is 0 Å². The fourth-order valence-corrected chi connectivity index (χ4v) is 2.38. The Balaban J connectivity index is 2.21. The van der Waals surface area contributed by atoms with Crippen molar-refractivity contribution in [1.29, 1.82) is 0 Å². The molecule has 0 aromatic rings. The number of nitrogens with one attached hydrogen (secondary N) is 1. The van der Waals surface area contributed by atoms with Crippen LogP contribution in [0, 0.1) is 10.1 Å². The predicted octanol–water partition coefficient (Wildman–Crippen LogP) is 2.87. The lowest BCUT2D eigenvalue weighted by Gasteiger charge is -2.20. The third-order valence-electron chi connectivity index (χ3n) is 3.14. The van der Waals surface area contributed by atoms with Gasteiger partial charge in [0, 0.05) is 0 Å². The van der Waals surface area contributed by atoms with Gasteiger partial charge in [0.1, 0.15) is 5.70 Å². The first-order valence-electron chi connectivity index (χ1n) is 5.76. The predicted molar refractivity (Wildman–Crippen MR) is 62.1 cm³/mol. The second-order valence-electron chi connectivity index (χ2n) is 4.22. The van der Waals surface area contributed by atoms with E-state index in [0.29, 0.717) is 5.70 Å². The van der Waals surface area contributed by atoms with Gasteiger partial charge in [-0.3, -0.25) is 0 Å². The highest BCUT2D eigenvalue weighted by Crippen LogP contribution is 2.31. The molecule has 1 fully saturated rings. The maximum atomic E-state index is 10.5. The molecule has 2 aliphatic rings. The van der Waals surface area contributed by atoms with Crippen molar-refractivity contribution in [2.45, 2.75) is 38.5 Å². The summed E-state index contributed by atoms with van der Waals surface area (Å²) in [7, 11) is 0. The highest BCUT2D eigenvalue weighted by atomic mass is 16.7. The van der Waals surface area contributed by atoms with Crippen molar-refractivity contribution in [3.05, 3.63) is 45.2 Å². The average Bonchev–Trinajstić information content (AvgIpc) is 2.30. The van der Waals surface area contributed by atoms with Crippen LogP contribution in [0.2, 0.25) is 0 Å². The summed E-state index contributed by atoms with van der Waals surface area (Å²) in [6, 6.07) is 0. The molecule has 0 aliphatic heterocycles. The Bertz CT molecular complexity index is 372. The third-order valence-corrected chi connectivity index (χ3v) is 3.14. The second-order valence-corrected chi connectivity index (χ2v) is 4.22. The minimum absolute atomic E-state index is 0.478. The second kappa shape index (κ2) is 4.96. The number of nitrogens with zero attached hydrogens (tertiary/aromatic N) is 1. The van der Waals surface area contributed by atoms with E-state index in [4.69, 9.17) is 0 Å². The van der Waals surface area contributed by atoms with Gasteiger partial charge in [0.2, 0.25) is 0 Å². The molecule has 1 N–H and O–H groups in total. The van der Waals surface area contributed by atoms with Crippen LogP contribution in [0.25, 0.3) is 0 Å². The fraction of sp³-hybridized carbons (Fsp3) is 0.500. The molecule has 1 saturated carbocycles. The van der Waals surface area contributed by atoms with Crippen LogP contribution < -0.4 is 5.43 Å². The molecule has 2 aliphatic carbocycles. The van der Waals surface area contributed by atoms with Gasteiger partial charge in [0.25, 0.3) is 0 Å². The Morgan fingerprint density at radius 1 is 1.25 bits per heavy atom. The third kappa shape index (κ3) is 2.51. The van der Waals surface area contributed by atoms with E-state index in [-0.39, 0.29) is 0 Å². The first-order valence-corrected chi connectivity index (χ1v) is 5.76. The van der Waals surface area contributed by atoms with Gasteiger partial charge in [0.15, 0.2) is 5.03 Å². The number of nitro groups is 1. The van der Waals surface area contributed by atoms with Crippen molar-refractivity contribution in [2.24, 2.45) is 0 Å². The highest BCUT2D eigenvalue weighted by molar-refractivity contribution is 5.41. The highest BCUT2D eigenvalue weighted by Gasteiger charge is 2.17. The summed E-state index contributed by atoms with van der Waals surface area (Å²) in [5, 5.41) is 10.0. The Kier molecular flexibility index (Phi) is 3.39. The first-order chi connectivity index (χ1) is 7.77. The summed E-state index contributed by atoms with van der Waals surface area (Å²) in [6.45, 7) is 0. The molecule has 2 rings (SSSR count). The minimum Gasteiger partial charge on any atom is -0.235 e. The molecule has 4 nitrogen and oxygen atoms in total. The molecular formula is C12H16N2O2. The van der Waals surface area contributed by atoms with Crippen LogP contribution in [-0.4, -0.2) is 5.03 Å². The van der Waals surface area contributed by atoms with E-state index in [9.17, 15) is 10.1 Å². The van der Waals surface area contributed by atoms with Crippen LogP contribution in [0.5, 0.6) is 0 Å². The molecule has 0 unspecified atom stereocenters. The average molecular weight is 220 g/mol. The standard InChI is InChI=1S/C12H16N2O2/c15-14(16)13-12-9-5-4-8-11(12)10-6-2-1-3-7-10/h4-5,9,13H,1-3,6-8H2. The first kappa shape index (κ1) is 10.9. The molecule has 0 spiro atoms. The maximum Gasteiger partial charge on any atom is 0.162 e. The maximum absolute atomic E-state index is 10.5. The number of hydrogen-bond acceptors (Lipinski definition) is 2. The lowest BCUT2D eigenvalue weighted by molar-refractivity contribution is -0.535. The molecule has 0 aromatic carbocycles. The molecule has 0 amide bonds. The molecule has 4 heteroatoms. The number of hydrogen-bond donors (Lipinski definition) is 1. The molecular weight excluding hydrogens is 204 g/mol. The number of rotatable bonds is 2. The van der Waals surface area contributed by atoms with E-state index < -0.39 is 5.03 Å². The van der Waals surface area contributed by atoms with Gasteiger partial charge < -0.3 is 0 Å². The van der Waals surface area contributed by atoms with Gasteiger partial charge in [-0.15, -0.1) is 5.43 Å². The summed E-state index contributed by atoms with van der Waals surface area (Å²) < 4.78 is 0. The molecule has 0 bridgehead atoms. The normalized spacial score (nSPS) is 20.6. The molecule has 0 aromatic heterocycles. The summed E-state index contributed by atoms with van der Waals surface area (Å²) >= 11 is 0. The Morgan fingerprint density at radius 2 is 2.00 bits per heavy atom. The smallest absolute Gasteiger partial charge is 0.162 e. The Labute approximate surface area is 94.8 Å². The lowest BCUT2D eigenvalue weighted by atomic mass is 9.87. The molecule has 0 radical (unpaired) electrons. The van der Waals surface area contributed by atoms with Crippen molar-refractivity contribution in [3.63, 3.8) is 0 Å². The Hall–Kier alpha value is -1.58. The van der Waals surface area contributed by atoms with Crippen molar-refractivity contribution >= 4 is 0 Å². The van der Waals surface area contributed by atoms with E-state index in [1.54, 1.807) is 6.08 Å². The van der Waals surface area contributed by atoms with E-state index in [2.05, 4.69) is 11.5 Å². The summed E-state index contributed by atoms with van der Waals surface area (Å²) in [5.74, 6) is 0. The van der Waals surface area contributed by atoms with Crippen LogP contribution in [-0.2, 0) is 0 Å². The molecule has 0 saturated heterocycles. The summed E-state index contributed by atoms with van der Waals surface area (Å²) in [6.07, 6.45) is 12.5. The van der Waals surface area contributed by atoms with Crippen LogP contribution in [0.3, 0.4) is 0 Å². The zero-order valence-corrected chi connectivity index (χ0v) is 9.24. The van der Waals surface area contributed by atoms with E-state index in [1.807, 2.05) is 6.08 Å². The van der Waals surface area contributed by atoms with Crippen LogP contribution in [0.15, 0.2) is 35.1 Å². The molecule has 16 heavy (non-hydrogen) atoms. The Morgan fingerprint density at radius 3 is 2.69 bits per heavy atom. The zero-order chi connectivity index (χ0) is 11.4. The van der Waals surface area contributed by atoms with Gasteiger partial charge in [-0.25, -0.2) is 10.1 Å². The van der Waals surface area contributed by atoms with Crippen LogP contribution in [0.1, 0.15) is 38.5 Å². The van der Waals surface area contributed by atoms with Gasteiger partial charge in [-0.05, 0) is 43.8 Å². The van der Waals surface area contributed by atoms with E-state index in [1.165, 1.54) is 24.8 Å². The van der Waals surface area contributed by atoms with Crippen molar-refractivity contribution < 1.29 is 5.03 Å². The van der Waals surface area contributed by atoms with Gasteiger partial charge >= 0.3 is 0 Å². The van der Waals surface area contributed by atoms with E-state index in [0.717, 1.165) is 24.8 Å². The van der Waals surface area contributed by atoms with Crippen molar-refractivity contribution in [2.75, 3.05) is 0 Å². The van der Waals surface area contributed by atoms with Gasteiger partial charge in [-0.1, -0.05) is 24.1 Å². The van der Waals surface area contributed by atoms with Crippen LogP contribution >= 0.6 is 0 Å². The SMILES string of the molecule is O=[N+]([O-])NC1=CC=CCC1=C1CCCCC1. The molecule has 86 valence electrons. The summed E-state index contributed by atoms with van der Waals surface area (Å²) in [4.78, 5) is 10.5. The topological polar surface area (TPSA) is 55.2 Å². The zero-order valence-electron chi connectivity index (χ0n) is 9.24. The van der Waals surface area contributed by atoms with E-state index >= 15 is 0 Å². The minimum atomic E-state index is -0.478. The number of hydrazine groups is 1. The summed E-state index contributed by atoms with van der Waals surface area (Å²) in [5.41, 5.74) is 5.51. The quantitative estimate of drug-likeness (QED) is 0.575. The van der Waals surface area contributed by atoms with Crippen molar-refractivity contribution in [3.8, 4) is 0 Å². The van der Waals surface area contributed by atoms with Gasteiger partial charge in [0.05, 0.1) is 0 Å². The number of allylic oxidation sites excluding steroid dienone is 5. The lowest BCUT2D eigenvalue weighted by Crippen LogP contribution is -2.23. The molecule has 0 atom stereocenters. The van der Waals surface area contributed by atoms with Crippen molar-refractivity contribution in [1.82, 2.24) is 5.43 Å².